The number of hydrogen-bond donors (Lipinski definition) is 1. The third-order valence-corrected chi connectivity index (χ3v) is 7.81. The number of hydrogen-bond acceptors (Lipinski definition) is 4. The summed E-state index contributed by atoms with van der Waals surface area (Å²) >= 11 is 12.1. The van der Waals surface area contributed by atoms with Gasteiger partial charge >= 0.3 is 6.01 Å². The van der Waals surface area contributed by atoms with Crippen LogP contribution in [0.5, 0.6) is 11.8 Å². The van der Waals surface area contributed by atoms with Gasteiger partial charge in [0.15, 0.2) is 0 Å². The summed E-state index contributed by atoms with van der Waals surface area (Å²) in [6.07, 6.45) is 1.95. The lowest BCUT2D eigenvalue weighted by atomic mass is 10.0. The first kappa shape index (κ1) is 26.2. The maximum Gasteiger partial charge on any atom is 0.302 e. The molecule has 4 rings (SSSR count). The molecule has 1 atom stereocenters. The van der Waals surface area contributed by atoms with Crippen molar-refractivity contribution >= 4 is 33.2 Å². The summed E-state index contributed by atoms with van der Waals surface area (Å²) in [5.74, 6) is 0.0338. The van der Waals surface area contributed by atoms with E-state index in [0.717, 1.165) is 11.1 Å². The molecule has 0 aliphatic carbocycles. The summed E-state index contributed by atoms with van der Waals surface area (Å²) in [6.45, 7) is 4.35. The Hall–Kier alpha value is -2.91. The summed E-state index contributed by atoms with van der Waals surface area (Å²) in [7, 11) is -3.97. The van der Waals surface area contributed by atoms with E-state index in [4.69, 9.17) is 27.9 Å². The van der Waals surface area contributed by atoms with Crippen molar-refractivity contribution in [3.05, 3.63) is 106 Å². The second-order valence-electron chi connectivity index (χ2n) is 8.21. The van der Waals surface area contributed by atoms with E-state index in [0.29, 0.717) is 24.4 Å². The average molecular weight is 548 g/mol. The highest BCUT2D eigenvalue weighted by atomic mass is 35.5. The number of nitrogens with one attached hydrogen (secondary N) is 1. The smallest absolute Gasteiger partial charge is 0.302 e. The number of imidazole rings is 1. The Morgan fingerprint density at radius 1 is 1.03 bits per heavy atom. The summed E-state index contributed by atoms with van der Waals surface area (Å²) in [4.78, 5) is 4.38. The quantitative estimate of drug-likeness (QED) is 0.252. The summed E-state index contributed by atoms with van der Waals surface area (Å²) in [5, 5.41) is 0.404. The van der Waals surface area contributed by atoms with Crippen molar-refractivity contribution in [3.63, 3.8) is 0 Å². The Balaban J connectivity index is 1.71. The number of halogens is 3. The van der Waals surface area contributed by atoms with Crippen LogP contribution in [-0.4, -0.2) is 18.0 Å². The van der Waals surface area contributed by atoms with Gasteiger partial charge in [0.05, 0.1) is 32.9 Å². The minimum Gasteiger partial charge on any atom is -0.426 e. The van der Waals surface area contributed by atoms with Crippen LogP contribution in [0.3, 0.4) is 0 Å². The molecule has 4 aromatic rings. The number of benzene rings is 3. The molecule has 0 fully saturated rings. The summed E-state index contributed by atoms with van der Waals surface area (Å²) in [6, 6.07) is 17.2. The van der Waals surface area contributed by atoms with Crippen molar-refractivity contribution in [2.75, 3.05) is 0 Å². The fourth-order valence-electron chi connectivity index (χ4n) is 3.72. The molecule has 0 aliphatic heterocycles. The van der Waals surface area contributed by atoms with Crippen LogP contribution in [0.4, 0.5) is 4.39 Å². The van der Waals surface area contributed by atoms with E-state index in [1.54, 1.807) is 10.8 Å². The Bertz CT molecular complexity index is 1460. The molecular weight excluding hydrogens is 524 g/mol. The van der Waals surface area contributed by atoms with E-state index in [1.165, 1.54) is 42.5 Å². The van der Waals surface area contributed by atoms with Crippen molar-refractivity contribution < 1.29 is 17.5 Å². The van der Waals surface area contributed by atoms with Gasteiger partial charge in [0, 0.05) is 6.54 Å². The van der Waals surface area contributed by atoms with E-state index in [-0.39, 0.29) is 26.8 Å². The highest BCUT2D eigenvalue weighted by Crippen LogP contribution is 2.30. The second kappa shape index (κ2) is 11.0. The summed E-state index contributed by atoms with van der Waals surface area (Å²) in [5.41, 5.74) is 2.64. The molecule has 1 heterocycles. The van der Waals surface area contributed by atoms with E-state index in [1.807, 2.05) is 38.1 Å². The molecule has 0 aliphatic rings. The lowest BCUT2D eigenvalue weighted by Gasteiger charge is -2.21. The van der Waals surface area contributed by atoms with Gasteiger partial charge in [0.2, 0.25) is 10.0 Å². The number of sulfonamides is 1. The monoisotopic (exact) mass is 547 g/mol. The van der Waals surface area contributed by atoms with Gasteiger partial charge in [-0.15, -0.1) is 0 Å². The van der Waals surface area contributed by atoms with Crippen molar-refractivity contribution in [1.29, 1.82) is 0 Å². The second-order valence-corrected chi connectivity index (χ2v) is 10.7. The zero-order valence-electron chi connectivity index (χ0n) is 19.6. The van der Waals surface area contributed by atoms with Crippen LogP contribution in [0.15, 0.2) is 77.8 Å². The largest absolute Gasteiger partial charge is 0.426 e. The first-order chi connectivity index (χ1) is 17.2. The van der Waals surface area contributed by atoms with Gasteiger partial charge in [-0.2, -0.15) is 0 Å². The average Bonchev–Trinajstić information content (AvgIpc) is 3.25. The van der Waals surface area contributed by atoms with Crippen LogP contribution >= 0.6 is 23.2 Å². The maximum absolute atomic E-state index is 13.3. The number of ether oxygens (including phenoxy) is 1. The Kier molecular flexibility index (Phi) is 8.00. The van der Waals surface area contributed by atoms with Crippen LogP contribution in [0.2, 0.25) is 10.0 Å². The predicted molar refractivity (Wildman–Crippen MR) is 139 cm³/mol. The van der Waals surface area contributed by atoms with Crippen LogP contribution in [0.25, 0.3) is 0 Å². The topological polar surface area (TPSA) is 73.2 Å². The highest BCUT2D eigenvalue weighted by molar-refractivity contribution is 7.89. The molecule has 6 nitrogen and oxygen atoms in total. The molecule has 1 N–H and O–H groups in total. The molecule has 1 unspecified atom stereocenters. The van der Waals surface area contributed by atoms with Crippen LogP contribution in [-0.2, 0) is 23.0 Å². The molecule has 0 bridgehead atoms. The summed E-state index contributed by atoms with van der Waals surface area (Å²) < 4.78 is 50.4. The van der Waals surface area contributed by atoms with Gasteiger partial charge in [-0.25, -0.2) is 22.5 Å². The van der Waals surface area contributed by atoms with E-state index in [9.17, 15) is 12.8 Å². The van der Waals surface area contributed by atoms with Crippen molar-refractivity contribution in [2.45, 2.75) is 37.8 Å². The van der Waals surface area contributed by atoms with Gasteiger partial charge in [-0.05, 0) is 68.3 Å². The Morgan fingerprint density at radius 2 is 1.72 bits per heavy atom. The first-order valence-corrected chi connectivity index (χ1v) is 13.4. The zero-order chi connectivity index (χ0) is 25.9. The van der Waals surface area contributed by atoms with Crippen molar-refractivity contribution in [3.8, 4) is 11.8 Å². The highest BCUT2D eigenvalue weighted by Gasteiger charge is 2.26. The van der Waals surface area contributed by atoms with Gasteiger partial charge in [-0.3, -0.25) is 4.57 Å². The van der Waals surface area contributed by atoms with E-state index in [2.05, 4.69) is 9.71 Å². The first-order valence-electron chi connectivity index (χ1n) is 11.2. The number of rotatable bonds is 9. The van der Waals surface area contributed by atoms with E-state index < -0.39 is 16.1 Å². The fraction of sp³-hybridized carbons (Fsp3) is 0.192. The molecule has 0 spiro atoms. The standard InChI is InChI=1S/C26H24Cl2FN3O3S/c1-3-32-25(16-30-26(32)35-20-10-8-19(29)9-11-20)24(14-18-6-4-17(2)5-7-18)31-36(33,34)21-12-13-22(27)23(28)15-21/h4-13,15-16,24,31H,3,14H2,1-2H3. The molecule has 0 radical (unpaired) electrons. The maximum atomic E-state index is 13.3. The lowest BCUT2D eigenvalue weighted by molar-refractivity contribution is 0.405. The zero-order valence-corrected chi connectivity index (χ0v) is 21.9. The number of nitrogens with zero attached hydrogens (tertiary/aromatic N) is 2. The van der Waals surface area contributed by atoms with Gasteiger partial charge < -0.3 is 4.74 Å². The minimum absolute atomic E-state index is 0.00356. The number of aromatic nitrogens is 2. The molecule has 3 aromatic carbocycles. The van der Waals surface area contributed by atoms with Crippen LogP contribution in [0, 0.1) is 12.7 Å². The predicted octanol–water partition coefficient (Wildman–Crippen LogP) is 6.71. The molecule has 188 valence electrons. The van der Waals surface area contributed by atoms with Crippen LogP contribution in [0.1, 0.15) is 29.8 Å². The molecule has 0 saturated carbocycles. The molecular formula is C26H24Cl2FN3O3S. The van der Waals surface area contributed by atoms with E-state index >= 15 is 0 Å². The van der Waals surface area contributed by atoms with Crippen molar-refractivity contribution in [1.82, 2.24) is 14.3 Å². The molecule has 36 heavy (non-hydrogen) atoms. The van der Waals surface area contributed by atoms with Gasteiger partial charge in [-0.1, -0.05) is 53.0 Å². The fourth-order valence-corrected chi connectivity index (χ4v) is 5.32. The van der Waals surface area contributed by atoms with Gasteiger partial charge in [0.25, 0.3) is 0 Å². The third-order valence-electron chi connectivity index (χ3n) is 5.61. The Labute approximate surface area is 219 Å². The van der Waals surface area contributed by atoms with Crippen molar-refractivity contribution in [2.24, 2.45) is 0 Å². The third kappa shape index (κ3) is 6.07. The molecule has 0 amide bonds. The molecule has 0 saturated heterocycles. The molecule has 10 heteroatoms. The normalized spacial score (nSPS) is 12.5. The SMILES string of the molecule is CCn1c(C(Cc2ccc(C)cc2)NS(=O)(=O)c2ccc(Cl)c(Cl)c2)cnc1Oc1ccc(F)cc1. The minimum atomic E-state index is -3.97. The Morgan fingerprint density at radius 3 is 2.36 bits per heavy atom. The van der Waals surface area contributed by atoms with Gasteiger partial charge in [0.1, 0.15) is 11.6 Å². The number of aryl methyl sites for hydroxylation is 1. The lowest BCUT2D eigenvalue weighted by Crippen LogP contribution is -2.31. The molecule has 1 aromatic heterocycles. The van der Waals surface area contributed by atoms with Crippen LogP contribution < -0.4 is 9.46 Å².